The van der Waals surface area contributed by atoms with E-state index in [0.29, 0.717) is 5.92 Å². The Bertz CT molecular complexity index is 819. The van der Waals surface area contributed by atoms with Crippen LogP contribution in [0.3, 0.4) is 0 Å². The molecule has 1 aliphatic rings. The quantitative estimate of drug-likeness (QED) is 0.734. The summed E-state index contributed by atoms with van der Waals surface area (Å²) >= 11 is 0. The van der Waals surface area contributed by atoms with Crippen LogP contribution in [-0.4, -0.2) is 32.6 Å². The summed E-state index contributed by atoms with van der Waals surface area (Å²) in [5, 5.41) is 0. The highest BCUT2D eigenvalue weighted by molar-refractivity contribution is 5.46. The average molecular weight is 333 g/mol. The summed E-state index contributed by atoms with van der Waals surface area (Å²) in [6, 6.07) is 8.27. The van der Waals surface area contributed by atoms with Crippen LogP contribution >= 0.6 is 0 Å². The van der Waals surface area contributed by atoms with Crippen molar-refractivity contribution in [1.82, 2.24) is 19.5 Å². The molecular formula is C20H23N5. The lowest BCUT2D eigenvalue weighted by Gasteiger charge is -2.33. The predicted molar refractivity (Wildman–Crippen MR) is 98.7 cm³/mol. The molecule has 5 heteroatoms. The van der Waals surface area contributed by atoms with Crippen molar-refractivity contribution in [1.29, 1.82) is 0 Å². The Balaban J connectivity index is 1.45. The molecule has 4 rings (SSSR count). The normalized spacial score (nSPS) is 15.5. The molecule has 1 saturated heterocycles. The number of rotatable bonds is 4. The third kappa shape index (κ3) is 3.40. The molecule has 0 aliphatic carbocycles. The first-order valence-corrected chi connectivity index (χ1v) is 8.88. The van der Waals surface area contributed by atoms with Gasteiger partial charge in [-0.1, -0.05) is 6.07 Å². The van der Waals surface area contributed by atoms with Crippen molar-refractivity contribution in [3.05, 3.63) is 72.2 Å². The number of aryl methyl sites for hydroxylation is 1. The van der Waals surface area contributed by atoms with Crippen LogP contribution in [0.4, 0.5) is 5.82 Å². The second-order valence-corrected chi connectivity index (χ2v) is 6.67. The van der Waals surface area contributed by atoms with Gasteiger partial charge in [0.2, 0.25) is 0 Å². The van der Waals surface area contributed by atoms with Gasteiger partial charge in [0.25, 0.3) is 0 Å². The SMILES string of the molecule is Cc1cccnc1N1CCC(c2nccn2Cc2ccncc2)CC1. The molecule has 0 spiro atoms. The zero-order valence-electron chi connectivity index (χ0n) is 14.5. The Kier molecular flexibility index (Phi) is 4.46. The van der Waals surface area contributed by atoms with Crippen LogP contribution in [-0.2, 0) is 6.54 Å². The van der Waals surface area contributed by atoms with Gasteiger partial charge in [-0.3, -0.25) is 4.98 Å². The van der Waals surface area contributed by atoms with Crippen molar-refractivity contribution in [2.24, 2.45) is 0 Å². The molecule has 5 nitrogen and oxygen atoms in total. The maximum atomic E-state index is 4.66. The van der Waals surface area contributed by atoms with E-state index in [2.05, 4.69) is 55.7 Å². The molecule has 1 aliphatic heterocycles. The topological polar surface area (TPSA) is 46.8 Å². The lowest BCUT2D eigenvalue weighted by Crippen LogP contribution is -2.34. The summed E-state index contributed by atoms with van der Waals surface area (Å²) in [7, 11) is 0. The van der Waals surface area contributed by atoms with Crippen molar-refractivity contribution in [2.75, 3.05) is 18.0 Å². The van der Waals surface area contributed by atoms with Crippen LogP contribution in [0.15, 0.2) is 55.2 Å². The van der Waals surface area contributed by atoms with Gasteiger partial charge >= 0.3 is 0 Å². The highest BCUT2D eigenvalue weighted by atomic mass is 15.2. The number of pyridine rings is 2. The molecule has 1 fully saturated rings. The molecule has 0 unspecified atom stereocenters. The largest absolute Gasteiger partial charge is 0.356 e. The van der Waals surface area contributed by atoms with Gasteiger partial charge in [-0.15, -0.1) is 0 Å². The van der Waals surface area contributed by atoms with E-state index in [-0.39, 0.29) is 0 Å². The first kappa shape index (κ1) is 15.8. The molecule has 3 aromatic heterocycles. The standard InChI is InChI=1S/C20H23N5/c1-16-3-2-8-22-19(16)24-12-6-18(7-13-24)20-23-11-14-25(20)15-17-4-9-21-10-5-17/h2-5,8-11,14,18H,6-7,12-13,15H2,1H3. The van der Waals surface area contributed by atoms with E-state index < -0.39 is 0 Å². The fourth-order valence-electron chi connectivity index (χ4n) is 3.66. The minimum atomic E-state index is 0.511. The Hall–Kier alpha value is -2.69. The molecule has 0 radical (unpaired) electrons. The summed E-state index contributed by atoms with van der Waals surface area (Å²) in [4.78, 5) is 15.7. The van der Waals surface area contributed by atoms with Gasteiger partial charge < -0.3 is 9.47 Å². The van der Waals surface area contributed by atoms with E-state index in [0.717, 1.165) is 38.3 Å². The van der Waals surface area contributed by atoms with Gasteiger partial charge in [0.15, 0.2) is 0 Å². The number of anilines is 1. The zero-order chi connectivity index (χ0) is 17.1. The van der Waals surface area contributed by atoms with Gasteiger partial charge in [-0.25, -0.2) is 9.97 Å². The van der Waals surface area contributed by atoms with Crippen LogP contribution < -0.4 is 4.90 Å². The van der Waals surface area contributed by atoms with Crippen LogP contribution in [0.5, 0.6) is 0 Å². The van der Waals surface area contributed by atoms with Gasteiger partial charge in [0, 0.05) is 56.5 Å². The van der Waals surface area contributed by atoms with Gasteiger partial charge in [-0.05, 0) is 49.1 Å². The Morgan fingerprint density at radius 3 is 2.56 bits per heavy atom. The second kappa shape index (κ2) is 7.05. The summed E-state index contributed by atoms with van der Waals surface area (Å²) in [6.45, 7) is 5.06. The Morgan fingerprint density at radius 1 is 1.00 bits per heavy atom. The van der Waals surface area contributed by atoms with E-state index in [9.17, 15) is 0 Å². The number of piperidine rings is 1. The third-order valence-corrected chi connectivity index (χ3v) is 4.99. The third-order valence-electron chi connectivity index (χ3n) is 4.99. The number of aromatic nitrogens is 4. The summed E-state index contributed by atoms with van der Waals surface area (Å²) < 4.78 is 2.28. The lowest BCUT2D eigenvalue weighted by molar-refractivity contribution is 0.468. The summed E-state index contributed by atoms with van der Waals surface area (Å²) in [6.07, 6.45) is 11.8. The van der Waals surface area contributed by atoms with E-state index >= 15 is 0 Å². The molecule has 0 bridgehead atoms. The minimum Gasteiger partial charge on any atom is -0.356 e. The second-order valence-electron chi connectivity index (χ2n) is 6.67. The van der Waals surface area contributed by atoms with Crippen molar-refractivity contribution in [2.45, 2.75) is 32.2 Å². The smallest absolute Gasteiger partial charge is 0.131 e. The molecular weight excluding hydrogens is 310 g/mol. The van der Waals surface area contributed by atoms with Crippen LogP contribution in [0, 0.1) is 6.92 Å². The Labute approximate surface area is 148 Å². The van der Waals surface area contributed by atoms with Crippen molar-refractivity contribution < 1.29 is 0 Å². The fourth-order valence-corrected chi connectivity index (χ4v) is 3.66. The first-order chi connectivity index (χ1) is 12.3. The summed E-state index contributed by atoms with van der Waals surface area (Å²) in [5.74, 6) is 2.84. The fraction of sp³-hybridized carbons (Fsp3) is 0.350. The molecule has 0 atom stereocenters. The molecule has 3 aromatic rings. The lowest BCUT2D eigenvalue weighted by atomic mass is 9.95. The minimum absolute atomic E-state index is 0.511. The van der Waals surface area contributed by atoms with E-state index in [1.54, 1.807) is 0 Å². The first-order valence-electron chi connectivity index (χ1n) is 8.88. The maximum Gasteiger partial charge on any atom is 0.131 e. The monoisotopic (exact) mass is 333 g/mol. The summed E-state index contributed by atoms with van der Waals surface area (Å²) in [5.41, 5.74) is 2.51. The molecule has 0 saturated carbocycles. The molecule has 25 heavy (non-hydrogen) atoms. The maximum absolute atomic E-state index is 4.66. The molecule has 4 heterocycles. The van der Waals surface area contributed by atoms with Crippen LogP contribution in [0.25, 0.3) is 0 Å². The van der Waals surface area contributed by atoms with E-state index in [4.69, 9.17) is 0 Å². The molecule has 0 amide bonds. The van der Waals surface area contributed by atoms with Crippen LogP contribution in [0.1, 0.15) is 35.7 Å². The highest BCUT2D eigenvalue weighted by Crippen LogP contribution is 2.30. The molecule has 0 N–H and O–H groups in total. The zero-order valence-corrected chi connectivity index (χ0v) is 14.5. The van der Waals surface area contributed by atoms with Gasteiger partial charge in [-0.2, -0.15) is 0 Å². The number of hydrogen-bond acceptors (Lipinski definition) is 4. The van der Waals surface area contributed by atoms with Crippen LogP contribution in [0.2, 0.25) is 0 Å². The van der Waals surface area contributed by atoms with Gasteiger partial charge in [0.05, 0.1) is 0 Å². The number of hydrogen-bond donors (Lipinski definition) is 0. The molecule has 128 valence electrons. The molecule has 0 aromatic carbocycles. The van der Waals surface area contributed by atoms with Crippen molar-refractivity contribution in [3.8, 4) is 0 Å². The van der Waals surface area contributed by atoms with Crippen molar-refractivity contribution in [3.63, 3.8) is 0 Å². The Morgan fingerprint density at radius 2 is 1.80 bits per heavy atom. The van der Waals surface area contributed by atoms with Gasteiger partial charge in [0.1, 0.15) is 11.6 Å². The van der Waals surface area contributed by atoms with E-state index in [1.165, 1.54) is 17.0 Å². The predicted octanol–water partition coefficient (Wildman–Crippen LogP) is 3.41. The van der Waals surface area contributed by atoms with Crippen molar-refractivity contribution >= 4 is 5.82 Å². The highest BCUT2D eigenvalue weighted by Gasteiger charge is 2.25. The number of imidazole rings is 1. The van der Waals surface area contributed by atoms with E-state index in [1.807, 2.05) is 30.9 Å². The number of nitrogens with zero attached hydrogens (tertiary/aromatic N) is 5. The average Bonchev–Trinajstić information content (AvgIpc) is 3.11.